The van der Waals surface area contributed by atoms with Crippen LogP contribution >= 0.6 is 11.8 Å². The third-order valence-corrected chi connectivity index (χ3v) is 5.39. The molecule has 142 valence electrons. The van der Waals surface area contributed by atoms with Gasteiger partial charge >= 0.3 is 0 Å². The molecule has 4 rings (SSSR count). The molecule has 0 radical (unpaired) electrons. The molecule has 1 aliphatic rings. The molecular weight excluding hydrogens is 370 g/mol. The lowest BCUT2D eigenvalue weighted by molar-refractivity contribution is -0.115. The smallest absolute Gasteiger partial charge is 0.264 e. The van der Waals surface area contributed by atoms with Crippen molar-refractivity contribution in [2.24, 2.45) is 4.99 Å². The summed E-state index contributed by atoms with van der Waals surface area (Å²) in [5.74, 6) is 0.686. The molecule has 1 fully saturated rings. The summed E-state index contributed by atoms with van der Waals surface area (Å²) in [5, 5.41) is 4.57. The number of nitrogens with one attached hydrogen (secondary N) is 1. The highest BCUT2D eigenvalue weighted by atomic mass is 32.2. The third kappa shape index (κ3) is 3.68. The van der Waals surface area contributed by atoms with Crippen LogP contribution in [0.2, 0.25) is 0 Å². The first-order chi connectivity index (χ1) is 13.7. The Hall–Kier alpha value is -2.99. The van der Waals surface area contributed by atoms with Crippen LogP contribution in [0, 0.1) is 0 Å². The number of aryl methyl sites for hydroxylation is 1. The normalized spacial score (nSPS) is 16.9. The lowest BCUT2D eigenvalue weighted by atomic mass is 10.1. The van der Waals surface area contributed by atoms with Gasteiger partial charge in [0.05, 0.1) is 17.2 Å². The molecule has 28 heavy (non-hydrogen) atoms. The zero-order valence-corrected chi connectivity index (χ0v) is 16.6. The van der Waals surface area contributed by atoms with E-state index in [0.29, 0.717) is 16.7 Å². The van der Waals surface area contributed by atoms with E-state index in [4.69, 9.17) is 4.74 Å². The van der Waals surface area contributed by atoms with Crippen LogP contribution in [-0.2, 0) is 11.3 Å². The highest BCUT2D eigenvalue weighted by Gasteiger charge is 2.24. The number of hydrogen-bond acceptors (Lipinski definition) is 4. The molecule has 1 aromatic heterocycles. The molecule has 0 bridgehead atoms. The summed E-state index contributed by atoms with van der Waals surface area (Å²) in [6.07, 6.45) is 4.03. The Kier molecular flexibility index (Phi) is 5.21. The fourth-order valence-corrected chi connectivity index (χ4v) is 4.01. The summed E-state index contributed by atoms with van der Waals surface area (Å²) in [5.41, 5.74) is 2.98. The van der Waals surface area contributed by atoms with Gasteiger partial charge in [-0.2, -0.15) is 0 Å². The van der Waals surface area contributed by atoms with Crippen LogP contribution in [0.3, 0.4) is 0 Å². The summed E-state index contributed by atoms with van der Waals surface area (Å²) in [6.45, 7) is 5.57. The van der Waals surface area contributed by atoms with E-state index < -0.39 is 0 Å². The van der Waals surface area contributed by atoms with Crippen LogP contribution in [0.4, 0.5) is 5.69 Å². The number of carbonyl (C=O) groups is 1. The van der Waals surface area contributed by atoms with Crippen molar-refractivity contribution in [3.63, 3.8) is 0 Å². The summed E-state index contributed by atoms with van der Waals surface area (Å²) >= 11 is 1.36. The summed E-state index contributed by atoms with van der Waals surface area (Å²) in [4.78, 5) is 17.6. The van der Waals surface area contributed by atoms with Gasteiger partial charge in [-0.3, -0.25) is 4.79 Å². The highest BCUT2D eigenvalue weighted by Crippen LogP contribution is 2.31. The number of aliphatic imine (C=N–C) groups is 1. The number of rotatable bonds is 5. The van der Waals surface area contributed by atoms with Crippen LogP contribution in [0.25, 0.3) is 17.0 Å². The molecule has 1 N–H and O–H groups in total. The Bertz CT molecular complexity index is 1080. The number of aromatic nitrogens is 1. The van der Waals surface area contributed by atoms with Gasteiger partial charge in [0.25, 0.3) is 5.91 Å². The van der Waals surface area contributed by atoms with Crippen molar-refractivity contribution in [1.82, 2.24) is 9.88 Å². The third-order valence-electron chi connectivity index (χ3n) is 4.48. The maximum absolute atomic E-state index is 12.4. The number of carbonyl (C=O) groups excluding carboxylic acids is 1. The molecule has 5 nitrogen and oxygen atoms in total. The van der Waals surface area contributed by atoms with Crippen LogP contribution < -0.4 is 10.1 Å². The van der Waals surface area contributed by atoms with Gasteiger partial charge in [-0.25, -0.2) is 4.99 Å². The number of fused-ring (bicyclic) bond motifs is 1. The van der Waals surface area contributed by atoms with Crippen molar-refractivity contribution in [1.29, 1.82) is 0 Å². The van der Waals surface area contributed by atoms with Gasteiger partial charge in [-0.05, 0) is 62.0 Å². The van der Waals surface area contributed by atoms with E-state index in [9.17, 15) is 4.79 Å². The molecule has 0 spiro atoms. The van der Waals surface area contributed by atoms with E-state index in [1.165, 1.54) is 17.3 Å². The van der Waals surface area contributed by atoms with Gasteiger partial charge in [-0.15, -0.1) is 0 Å². The molecule has 2 aromatic carbocycles. The number of para-hydroxylation sites is 1. The molecule has 1 amide bonds. The minimum atomic E-state index is -0.122. The van der Waals surface area contributed by atoms with Crippen LogP contribution in [0.1, 0.15) is 19.4 Å². The van der Waals surface area contributed by atoms with Gasteiger partial charge in [-0.1, -0.05) is 18.2 Å². The second-order valence-corrected chi connectivity index (χ2v) is 7.33. The van der Waals surface area contributed by atoms with Gasteiger partial charge < -0.3 is 14.6 Å². The van der Waals surface area contributed by atoms with Crippen LogP contribution in [-0.4, -0.2) is 22.2 Å². The summed E-state index contributed by atoms with van der Waals surface area (Å²) < 4.78 is 7.63. The van der Waals surface area contributed by atoms with Gasteiger partial charge in [0.2, 0.25) is 0 Å². The molecule has 3 aromatic rings. The fraction of sp³-hybridized carbons (Fsp3) is 0.182. The average molecular weight is 391 g/mol. The predicted molar refractivity (Wildman–Crippen MR) is 116 cm³/mol. The maximum Gasteiger partial charge on any atom is 0.264 e. The molecule has 1 saturated heterocycles. The summed E-state index contributed by atoms with van der Waals surface area (Å²) in [7, 11) is 0. The zero-order valence-electron chi connectivity index (χ0n) is 15.8. The fourth-order valence-electron chi connectivity index (χ4n) is 3.17. The van der Waals surface area contributed by atoms with E-state index in [0.717, 1.165) is 28.9 Å². The van der Waals surface area contributed by atoms with Gasteiger partial charge in [0.15, 0.2) is 5.17 Å². The first-order valence-corrected chi connectivity index (χ1v) is 10.1. The Labute approximate surface area is 168 Å². The lowest BCUT2D eigenvalue weighted by Crippen LogP contribution is -2.19. The minimum absolute atomic E-state index is 0.122. The van der Waals surface area contributed by atoms with E-state index in [1.54, 1.807) is 0 Å². The van der Waals surface area contributed by atoms with Gasteiger partial charge in [0, 0.05) is 29.2 Å². The largest absolute Gasteiger partial charge is 0.494 e. The number of ether oxygens (including phenoxy) is 1. The molecule has 2 heterocycles. The van der Waals surface area contributed by atoms with Crippen LogP contribution in [0.15, 0.2) is 64.6 Å². The van der Waals surface area contributed by atoms with Crippen LogP contribution in [0.5, 0.6) is 5.75 Å². The van der Waals surface area contributed by atoms with Crippen molar-refractivity contribution < 1.29 is 9.53 Å². The number of thioether (sulfide) groups is 1. The Morgan fingerprint density at radius 1 is 1.14 bits per heavy atom. The van der Waals surface area contributed by atoms with E-state index in [-0.39, 0.29) is 5.91 Å². The molecule has 6 heteroatoms. The zero-order chi connectivity index (χ0) is 19.5. The van der Waals surface area contributed by atoms with E-state index in [2.05, 4.69) is 40.1 Å². The van der Waals surface area contributed by atoms with E-state index in [1.807, 2.05) is 49.4 Å². The van der Waals surface area contributed by atoms with Crippen molar-refractivity contribution in [2.45, 2.75) is 20.4 Å². The molecule has 0 aliphatic carbocycles. The van der Waals surface area contributed by atoms with E-state index >= 15 is 0 Å². The average Bonchev–Trinajstić information content (AvgIpc) is 3.24. The first-order valence-electron chi connectivity index (χ1n) is 9.28. The predicted octanol–water partition coefficient (Wildman–Crippen LogP) is 4.95. The first kappa shape index (κ1) is 18.4. The van der Waals surface area contributed by atoms with Gasteiger partial charge in [0.1, 0.15) is 5.75 Å². The molecule has 1 aliphatic heterocycles. The number of hydrogen-bond donors (Lipinski definition) is 1. The summed E-state index contributed by atoms with van der Waals surface area (Å²) in [6, 6.07) is 15.7. The molecule has 0 unspecified atom stereocenters. The molecule has 0 saturated carbocycles. The second kappa shape index (κ2) is 7.94. The highest BCUT2D eigenvalue weighted by molar-refractivity contribution is 8.18. The molecular formula is C22H21N3O2S. The second-order valence-electron chi connectivity index (χ2n) is 6.30. The minimum Gasteiger partial charge on any atom is -0.494 e. The number of amides is 1. The monoisotopic (exact) mass is 391 g/mol. The standard InChI is InChI=1S/C22H21N3O2S/c1-3-25-14-15(18-7-5-6-8-19(18)25)13-20-21(26)24-22(28-20)23-16-9-11-17(12-10-16)27-4-2/h5-14H,3-4H2,1-2H3,(H,23,24,26)/b20-13+. The van der Waals surface area contributed by atoms with Crippen molar-refractivity contribution >= 4 is 45.5 Å². The SMILES string of the molecule is CCOc1ccc(N=C2NC(=O)/C(=C\c3cn(CC)c4ccccc34)S2)cc1. The number of nitrogens with zero attached hydrogens (tertiary/aromatic N) is 2. The van der Waals surface area contributed by atoms with Crippen molar-refractivity contribution in [3.8, 4) is 5.75 Å². The maximum atomic E-state index is 12.4. The number of benzene rings is 2. The Morgan fingerprint density at radius 2 is 1.93 bits per heavy atom. The topological polar surface area (TPSA) is 55.6 Å². The lowest BCUT2D eigenvalue weighted by Gasteiger charge is -2.02. The quantitative estimate of drug-likeness (QED) is 0.626. The van der Waals surface area contributed by atoms with Crippen molar-refractivity contribution in [3.05, 3.63) is 65.2 Å². The van der Waals surface area contributed by atoms with Crippen molar-refractivity contribution in [2.75, 3.05) is 6.61 Å². The number of amidine groups is 1. The molecule has 0 atom stereocenters. The Morgan fingerprint density at radius 3 is 2.68 bits per heavy atom. The Balaban J connectivity index is 1.60.